The number of nitrogens with zero attached hydrogens (tertiary/aromatic N) is 3. The Labute approximate surface area is 150 Å². The second-order valence-electron chi connectivity index (χ2n) is 5.40. The van der Waals surface area contributed by atoms with Gasteiger partial charge in [-0.3, -0.25) is 0 Å². The summed E-state index contributed by atoms with van der Waals surface area (Å²) in [6.45, 7) is 4.35. The van der Waals surface area contributed by atoms with E-state index in [1.165, 1.54) is 10.9 Å². The molecule has 0 spiro atoms. The molecular weight excluding hydrogens is 336 g/mol. The Hall–Kier alpha value is -2.93. The molecule has 1 heterocycles. The molecule has 2 aromatic carbocycles. The monoisotopic (exact) mass is 354 g/mol. The van der Waals surface area contributed by atoms with Crippen LogP contribution < -0.4 is 4.74 Å². The number of benzene rings is 2. The first-order valence-corrected chi connectivity index (χ1v) is 8.24. The van der Waals surface area contributed by atoms with Crippen molar-refractivity contribution in [2.75, 3.05) is 6.61 Å². The fraction of sp³-hybridized carbons (Fsp3) is 0.167. The summed E-state index contributed by atoms with van der Waals surface area (Å²) in [4.78, 5) is 0. The number of phenolic OH excluding ortho intramolecular Hbond substituents is 1. The van der Waals surface area contributed by atoms with Crippen LogP contribution in [0.25, 0.3) is 11.4 Å². The van der Waals surface area contributed by atoms with Crippen molar-refractivity contribution in [3.63, 3.8) is 0 Å². The molecule has 128 valence electrons. The van der Waals surface area contributed by atoms with Crippen molar-refractivity contribution in [2.24, 2.45) is 5.10 Å². The number of aromatic hydroxyl groups is 1. The van der Waals surface area contributed by atoms with Gasteiger partial charge in [0.1, 0.15) is 0 Å². The van der Waals surface area contributed by atoms with Gasteiger partial charge < -0.3 is 9.84 Å². The molecule has 0 fully saturated rings. The summed E-state index contributed by atoms with van der Waals surface area (Å²) in [7, 11) is 0. The molecule has 0 atom stereocenters. The lowest BCUT2D eigenvalue weighted by Gasteiger charge is -2.07. The number of aromatic amines is 1. The third kappa shape index (κ3) is 3.61. The molecule has 7 heteroatoms. The minimum Gasteiger partial charge on any atom is -0.504 e. The smallest absolute Gasteiger partial charge is 0.216 e. The van der Waals surface area contributed by atoms with E-state index in [9.17, 15) is 5.11 Å². The van der Waals surface area contributed by atoms with Crippen LogP contribution in [0.5, 0.6) is 11.5 Å². The minimum atomic E-state index is 0.0417. The third-order valence-electron chi connectivity index (χ3n) is 3.60. The Morgan fingerprint density at radius 3 is 2.76 bits per heavy atom. The lowest BCUT2D eigenvalue weighted by Crippen LogP contribution is -1.97. The van der Waals surface area contributed by atoms with E-state index in [1.54, 1.807) is 18.2 Å². The van der Waals surface area contributed by atoms with Crippen LogP contribution in [0, 0.1) is 11.7 Å². The molecule has 0 radical (unpaired) electrons. The van der Waals surface area contributed by atoms with Gasteiger partial charge in [-0.05, 0) is 38.2 Å². The molecule has 6 nitrogen and oxygen atoms in total. The highest BCUT2D eigenvalue weighted by atomic mass is 32.1. The maximum absolute atomic E-state index is 10.3. The Balaban J connectivity index is 1.98. The first-order chi connectivity index (χ1) is 12.1. The molecule has 0 unspecified atom stereocenters. The number of phenols is 1. The number of aromatic nitrogens is 3. The van der Waals surface area contributed by atoms with Gasteiger partial charge in [0.2, 0.25) is 4.77 Å². The quantitative estimate of drug-likeness (QED) is 0.538. The molecule has 0 saturated carbocycles. The lowest BCUT2D eigenvalue weighted by atomic mass is 10.1. The van der Waals surface area contributed by atoms with Crippen LogP contribution in [0.1, 0.15) is 18.1 Å². The summed E-state index contributed by atoms with van der Waals surface area (Å²) < 4.78 is 7.27. The molecule has 0 aliphatic heterocycles. The third-order valence-corrected chi connectivity index (χ3v) is 3.87. The lowest BCUT2D eigenvalue weighted by molar-refractivity contribution is 0.318. The Morgan fingerprint density at radius 2 is 2.04 bits per heavy atom. The van der Waals surface area contributed by atoms with Crippen LogP contribution in [0.2, 0.25) is 0 Å². The maximum atomic E-state index is 10.3. The molecule has 0 aliphatic carbocycles. The number of H-pyrrole nitrogens is 1. The van der Waals surface area contributed by atoms with E-state index in [-0.39, 0.29) is 5.75 Å². The summed E-state index contributed by atoms with van der Waals surface area (Å²) in [6.07, 6.45) is 1.53. The van der Waals surface area contributed by atoms with Gasteiger partial charge >= 0.3 is 0 Å². The van der Waals surface area contributed by atoms with Gasteiger partial charge in [-0.25, -0.2) is 5.10 Å². The van der Waals surface area contributed by atoms with E-state index in [1.807, 2.05) is 38.1 Å². The summed E-state index contributed by atoms with van der Waals surface area (Å²) in [5, 5.41) is 21.6. The Kier molecular flexibility index (Phi) is 4.95. The van der Waals surface area contributed by atoms with Crippen LogP contribution >= 0.6 is 12.2 Å². The summed E-state index contributed by atoms with van der Waals surface area (Å²) in [5.41, 5.74) is 2.58. The highest BCUT2D eigenvalue weighted by Crippen LogP contribution is 2.28. The van der Waals surface area contributed by atoms with Gasteiger partial charge in [0.05, 0.1) is 12.8 Å². The zero-order chi connectivity index (χ0) is 17.8. The van der Waals surface area contributed by atoms with Gasteiger partial charge in [0.25, 0.3) is 0 Å². The average molecular weight is 354 g/mol. The van der Waals surface area contributed by atoms with Gasteiger partial charge in [0, 0.05) is 11.1 Å². The van der Waals surface area contributed by atoms with E-state index in [4.69, 9.17) is 17.0 Å². The van der Waals surface area contributed by atoms with Gasteiger partial charge in [0.15, 0.2) is 17.3 Å². The topological polar surface area (TPSA) is 75.4 Å². The van der Waals surface area contributed by atoms with Crippen molar-refractivity contribution in [3.8, 4) is 22.9 Å². The number of hydrogen-bond acceptors (Lipinski definition) is 5. The number of para-hydroxylation sites is 1. The number of nitrogens with one attached hydrogen (secondary N) is 1. The fourth-order valence-corrected chi connectivity index (χ4v) is 2.50. The second kappa shape index (κ2) is 7.31. The largest absolute Gasteiger partial charge is 0.504 e. The number of rotatable bonds is 5. The number of ether oxygens (including phenoxy) is 1. The van der Waals surface area contributed by atoms with Crippen LogP contribution in [0.3, 0.4) is 0 Å². The number of hydrogen-bond donors (Lipinski definition) is 2. The Bertz CT molecular complexity index is 958. The number of aryl methyl sites for hydroxylation is 1. The molecule has 2 N–H and O–H groups in total. The zero-order valence-corrected chi connectivity index (χ0v) is 14.7. The summed E-state index contributed by atoms with van der Waals surface area (Å²) in [5.74, 6) is 1.06. The maximum Gasteiger partial charge on any atom is 0.216 e. The molecular formula is C18H18N4O2S. The van der Waals surface area contributed by atoms with Crippen molar-refractivity contribution in [1.29, 1.82) is 0 Å². The second-order valence-corrected chi connectivity index (χ2v) is 5.79. The highest BCUT2D eigenvalue weighted by Gasteiger charge is 2.09. The average Bonchev–Trinajstić information content (AvgIpc) is 2.97. The molecule has 0 bridgehead atoms. The molecule has 0 aliphatic rings. The first-order valence-electron chi connectivity index (χ1n) is 7.83. The fourth-order valence-electron chi connectivity index (χ4n) is 2.32. The minimum absolute atomic E-state index is 0.0417. The van der Waals surface area contributed by atoms with E-state index in [0.717, 1.165) is 11.1 Å². The SMILES string of the molecule is CCOc1cccc(/C=N\n2c(-c3ccc(C)cc3)n[nH]c2=S)c1O. The van der Waals surface area contributed by atoms with Crippen LogP contribution in [-0.4, -0.2) is 32.8 Å². The van der Waals surface area contributed by atoms with Gasteiger partial charge in [-0.15, -0.1) is 0 Å². The molecule has 1 aromatic heterocycles. The summed E-state index contributed by atoms with van der Waals surface area (Å²) >= 11 is 5.26. The molecule has 0 saturated heterocycles. The van der Waals surface area contributed by atoms with E-state index in [0.29, 0.717) is 28.5 Å². The molecule has 0 amide bonds. The van der Waals surface area contributed by atoms with Crippen molar-refractivity contribution >= 4 is 18.4 Å². The van der Waals surface area contributed by atoms with E-state index >= 15 is 0 Å². The standard InChI is InChI=1S/C18H18N4O2S/c1-3-24-15-6-4-5-14(16(15)23)11-19-22-17(20-21-18(22)25)13-9-7-12(2)8-10-13/h4-11,23H,3H2,1-2H3,(H,21,25)/b19-11-. The first kappa shape index (κ1) is 16.9. The molecule has 25 heavy (non-hydrogen) atoms. The van der Waals surface area contributed by atoms with Crippen LogP contribution in [-0.2, 0) is 0 Å². The summed E-state index contributed by atoms with van der Waals surface area (Å²) in [6, 6.07) is 13.2. The normalized spacial score (nSPS) is 11.1. The van der Waals surface area contributed by atoms with Crippen molar-refractivity contribution in [1.82, 2.24) is 14.9 Å². The van der Waals surface area contributed by atoms with E-state index in [2.05, 4.69) is 15.3 Å². The van der Waals surface area contributed by atoms with E-state index < -0.39 is 0 Å². The van der Waals surface area contributed by atoms with Gasteiger partial charge in [-0.2, -0.15) is 14.9 Å². The highest BCUT2D eigenvalue weighted by molar-refractivity contribution is 7.71. The van der Waals surface area contributed by atoms with Crippen molar-refractivity contribution < 1.29 is 9.84 Å². The molecule has 3 aromatic rings. The zero-order valence-electron chi connectivity index (χ0n) is 13.9. The van der Waals surface area contributed by atoms with Gasteiger partial charge in [-0.1, -0.05) is 35.9 Å². The van der Waals surface area contributed by atoms with Crippen molar-refractivity contribution in [2.45, 2.75) is 13.8 Å². The Morgan fingerprint density at radius 1 is 1.28 bits per heavy atom. The van der Waals surface area contributed by atoms with Crippen molar-refractivity contribution in [3.05, 3.63) is 58.4 Å². The molecule has 3 rings (SSSR count). The predicted molar refractivity (Wildman–Crippen MR) is 99.9 cm³/mol. The predicted octanol–water partition coefficient (Wildman–Crippen LogP) is 3.90. The van der Waals surface area contributed by atoms with Crippen LogP contribution in [0.15, 0.2) is 47.6 Å². The van der Waals surface area contributed by atoms with Crippen LogP contribution in [0.4, 0.5) is 0 Å².